The number of rotatable bonds is 6. The molecule has 1 aliphatic rings. The van der Waals surface area contributed by atoms with Gasteiger partial charge < -0.3 is 4.74 Å². The molecular weight excluding hydrogens is 314 g/mol. The third-order valence-corrected chi connectivity index (χ3v) is 5.46. The van der Waals surface area contributed by atoms with Gasteiger partial charge in [0, 0.05) is 18.7 Å². The van der Waals surface area contributed by atoms with Gasteiger partial charge >= 0.3 is 5.97 Å². The smallest absolute Gasteiger partial charge is 0.330 e. The summed E-state index contributed by atoms with van der Waals surface area (Å²) in [7, 11) is -3.54. The van der Waals surface area contributed by atoms with Crippen LogP contribution in [0.3, 0.4) is 0 Å². The molecule has 23 heavy (non-hydrogen) atoms. The number of carbonyl (C=O) groups excluding carboxylic acids is 1. The zero-order chi connectivity index (χ0) is 16.9. The average molecular weight is 335 g/mol. The molecule has 124 valence electrons. The van der Waals surface area contributed by atoms with Gasteiger partial charge in [-0.05, 0) is 32.4 Å². The molecule has 0 saturated heterocycles. The normalized spacial score (nSPS) is 18.6. The minimum Gasteiger partial charge on any atom is -0.463 e. The summed E-state index contributed by atoms with van der Waals surface area (Å²) in [5.41, 5.74) is 1.01. The summed E-state index contributed by atoms with van der Waals surface area (Å²) in [6, 6.07) is 6.52. The minimum absolute atomic E-state index is 0.283. The molecule has 0 fully saturated rings. The number of hydrogen-bond acceptors (Lipinski definition) is 4. The Balaban J connectivity index is 2.09. The van der Waals surface area contributed by atoms with Gasteiger partial charge in [0.05, 0.1) is 11.5 Å². The molecule has 2 rings (SSSR count). The van der Waals surface area contributed by atoms with E-state index in [-0.39, 0.29) is 10.9 Å². The highest BCUT2D eigenvalue weighted by Crippen LogP contribution is 2.24. The molecule has 1 atom stereocenters. The Morgan fingerprint density at radius 2 is 2.04 bits per heavy atom. The second-order valence-corrected chi connectivity index (χ2v) is 7.16. The molecule has 5 nitrogen and oxygen atoms in total. The van der Waals surface area contributed by atoms with E-state index in [1.165, 1.54) is 10.4 Å². The van der Waals surface area contributed by atoms with Crippen molar-refractivity contribution in [1.82, 2.24) is 4.31 Å². The van der Waals surface area contributed by atoms with Gasteiger partial charge in [-0.1, -0.05) is 35.9 Å². The van der Waals surface area contributed by atoms with E-state index in [2.05, 4.69) is 0 Å². The quantitative estimate of drug-likeness (QED) is 0.455. The van der Waals surface area contributed by atoms with Crippen LogP contribution in [0.5, 0.6) is 0 Å². The van der Waals surface area contributed by atoms with Gasteiger partial charge in [-0.2, -0.15) is 4.31 Å². The number of ether oxygens (including phenoxy) is 1. The maximum atomic E-state index is 12.7. The zero-order valence-electron chi connectivity index (χ0n) is 13.3. The highest BCUT2D eigenvalue weighted by molar-refractivity contribution is 7.89. The fourth-order valence-corrected chi connectivity index (χ4v) is 3.91. The summed E-state index contributed by atoms with van der Waals surface area (Å²) >= 11 is 0. The first kappa shape index (κ1) is 17.4. The molecule has 0 N–H and O–H groups in total. The zero-order valence-corrected chi connectivity index (χ0v) is 14.1. The molecule has 0 unspecified atom stereocenters. The fraction of sp³-hybridized carbons (Fsp3) is 0.353. The van der Waals surface area contributed by atoms with E-state index in [1.54, 1.807) is 37.3 Å². The van der Waals surface area contributed by atoms with Crippen LogP contribution in [-0.2, 0) is 19.6 Å². The number of hydrogen-bond donors (Lipinski definition) is 0. The van der Waals surface area contributed by atoms with Gasteiger partial charge in [0.1, 0.15) is 0 Å². The van der Waals surface area contributed by atoms with Crippen molar-refractivity contribution in [3.8, 4) is 0 Å². The van der Waals surface area contributed by atoms with Crippen molar-refractivity contribution < 1.29 is 17.9 Å². The Morgan fingerprint density at radius 1 is 1.35 bits per heavy atom. The third kappa shape index (κ3) is 4.30. The number of nitrogens with zero attached hydrogens (tertiary/aromatic N) is 1. The van der Waals surface area contributed by atoms with Crippen LogP contribution in [-0.4, -0.2) is 37.9 Å². The first-order chi connectivity index (χ1) is 10.9. The minimum atomic E-state index is -3.54. The lowest BCUT2D eigenvalue weighted by molar-refractivity contribution is -0.137. The number of carbonyl (C=O) groups is 1. The van der Waals surface area contributed by atoms with Crippen molar-refractivity contribution in [1.29, 1.82) is 0 Å². The second-order valence-electron chi connectivity index (χ2n) is 5.27. The van der Waals surface area contributed by atoms with Gasteiger partial charge in [-0.3, -0.25) is 0 Å². The molecule has 1 aliphatic heterocycles. The van der Waals surface area contributed by atoms with E-state index >= 15 is 0 Å². The molecule has 0 amide bonds. The summed E-state index contributed by atoms with van der Waals surface area (Å²) in [6.07, 6.45) is 7.10. The van der Waals surface area contributed by atoms with Crippen molar-refractivity contribution in [2.24, 2.45) is 0 Å². The van der Waals surface area contributed by atoms with E-state index < -0.39 is 16.0 Å². The van der Waals surface area contributed by atoms with Gasteiger partial charge in [0.2, 0.25) is 10.0 Å². The van der Waals surface area contributed by atoms with E-state index in [1.807, 2.05) is 19.1 Å². The van der Waals surface area contributed by atoms with Crippen LogP contribution in [0.15, 0.2) is 53.5 Å². The summed E-state index contributed by atoms with van der Waals surface area (Å²) < 4.78 is 31.7. The molecule has 0 radical (unpaired) electrons. The molecule has 0 spiro atoms. The van der Waals surface area contributed by atoms with E-state index in [4.69, 9.17) is 4.74 Å². The predicted molar refractivity (Wildman–Crippen MR) is 88.4 cm³/mol. The SMILES string of the molecule is CCOC(=O)/C=C/C[C@H]1C=CCN1S(=O)(=O)c1ccc(C)cc1. The standard InChI is InChI=1S/C17H21NO4S/c1-3-22-17(19)8-4-6-15-7-5-13-18(15)23(20,21)16-11-9-14(2)10-12-16/h4-5,7-12,15H,3,6,13H2,1-2H3/b8-4+/t15-/m0/s1. The topological polar surface area (TPSA) is 63.7 Å². The highest BCUT2D eigenvalue weighted by atomic mass is 32.2. The first-order valence-corrected chi connectivity index (χ1v) is 8.97. The monoisotopic (exact) mass is 335 g/mol. The summed E-state index contributed by atoms with van der Waals surface area (Å²) in [6.45, 7) is 4.31. The summed E-state index contributed by atoms with van der Waals surface area (Å²) in [5.74, 6) is -0.414. The fourth-order valence-electron chi connectivity index (χ4n) is 2.37. The van der Waals surface area contributed by atoms with E-state index in [0.29, 0.717) is 19.6 Å². The lowest BCUT2D eigenvalue weighted by Crippen LogP contribution is -2.35. The number of esters is 1. The Bertz CT molecular complexity index is 705. The molecule has 0 saturated carbocycles. The summed E-state index contributed by atoms with van der Waals surface area (Å²) in [4.78, 5) is 11.6. The average Bonchev–Trinajstić information content (AvgIpc) is 2.97. The summed E-state index contributed by atoms with van der Waals surface area (Å²) in [5, 5.41) is 0. The molecular formula is C17H21NO4S. The molecule has 0 aromatic heterocycles. The number of aryl methyl sites for hydroxylation is 1. The van der Waals surface area contributed by atoms with Crippen molar-refractivity contribution in [3.63, 3.8) is 0 Å². The number of benzene rings is 1. The molecule has 1 aromatic rings. The molecule has 6 heteroatoms. The molecule has 1 aromatic carbocycles. The third-order valence-electron chi connectivity index (χ3n) is 3.56. The van der Waals surface area contributed by atoms with E-state index in [9.17, 15) is 13.2 Å². The van der Waals surface area contributed by atoms with Crippen LogP contribution in [0, 0.1) is 6.92 Å². The highest BCUT2D eigenvalue weighted by Gasteiger charge is 2.31. The van der Waals surface area contributed by atoms with Crippen molar-refractivity contribution in [2.75, 3.05) is 13.2 Å². The first-order valence-electron chi connectivity index (χ1n) is 7.53. The molecule has 0 aliphatic carbocycles. The predicted octanol–water partition coefficient (Wildman–Crippen LogP) is 2.43. The second kappa shape index (κ2) is 7.57. The van der Waals surface area contributed by atoms with Gasteiger partial charge in [-0.25, -0.2) is 13.2 Å². The van der Waals surface area contributed by atoms with Crippen LogP contribution in [0.25, 0.3) is 0 Å². The maximum Gasteiger partial charge on any atom is 0.330 e. The van der Waals surface area contributed by atoms with Crippen LogP contribution in [0.1, 0.15) is 18.9 Å². The van der Waals surface area contributed by atoms with Crippen LogP contribution in [0.4, 0.5) is 0 Å². The van der Waals surface area contributed by atoms with Crippen LogP contribution < -0.4 is 0 Å². The Hall–Kier alpha value is -1.92. The van der Waals surface area contributed by atoms with Gasteiger partial charge in [-0.15, -0.1) is 0 Å². The van der Waals surface area contributed by atoms with E-state index in [0.717, 1.165) is 5.56 Å². The van der Waals surface area contributed by atoms with Crippen LogP contribution in [0.2, 0.25) is 0 Å². The largest absolute Gasteiger partial charge is 0.463 e. The van der Waals surface area contributed by atoms with Gasteiger partial charge in [0.25, 0.3) is 0 Å². The molecule has 1 heterocycles. The van der Waals surface area contributed by atoms with Gasteiger partial charge in [0.15, 0.2) is 0 Å². The van der Waals surface area contributed by atoms with Crippen molar-refractivity contribution in [2.45, 2.75) is 31.2 Å². The number of sulfonamides is 1. The lowest BCUT2D eigenvalue weighted by atomic mass is 10.2. The Morgan fingerprint density at radius 3 is 2.70 bits per heavy atom. The van der Waals surface area contributed by atoms with Crippen molar-refractivity contribution >= 4 is 16.0 Å². The Labute approximate surface area is 137 Å². The van der Waals surface area contributed by atoms with Crippen LogP contribution >= 0.6 is 0 Å². The molecule has 0 bridgehead atoms. The Kier molecular flexibility index (Phi) is 5.74. The van der Waals surface area contributed by atoms with Crippen molar-refractivity contribution in [3.05, 3.63) is 54.1 Å². The lowest BCUT2D eigenvalue weighted by Gasteiger charge is -2.23. The maximum absolute atomic E-state index is 12.7.